The minimum atomic E-state index is -0.0974. The lowest BCUT2D eigenvalue weighted by Crippen LogP contribution is -2.45. The number of fused-ring (bicyclic) bond motifs is 1. The molecule has 0 bridgehead atoms. The minimum absolute atomic E-state index is 0.00575. The van der Waals surface area contributed by atoms with Gasteiger partial charge in [0.25, 0.3) is 5.56 Å². The molecule has 2 atom stereocenters. The molecule has 1 aliphatic heterocycles. The lowest BCUT2D eigenvalue weighted by atomic mass is 9.96. The van der Waals surface area contributed by atoms with Gasteiger partial charge in [0.05, 0.1) is 11.2 Å². The van der Waals surface area contributed by atoms with Crippen LogP contribution in [0.5, 0.6) is 6.01 Å². The van der Waals surface area contributed by atoms with E-state index in [-0.39, 0.29) is 17.6 Å². The number of nitriles is 1. The first-order chi connectivity index (χ1) is 14.5. The fraction of sp³-hybridized carbons (Fsp3) is 0.409. The molecule has 8 heteroatoms. The predicted molar refractivity (Wildman–Crippen MR) is 114 cm³/mol. The number of anilines is 1. The summed E-state index contributed by atoms with van der Waals surface area (Å²) in [5.41, 5.74) is 3.34. The number of aromatic nitrogens is 4. The molecule has 3 aromatic heterocycles. The average molecular weight is 404 g/mol. The topological polar surface area (TPSA) is 96.9 Å². The van der Waals surface area contributed by atoms with Gasteiger partial charge < -0.3 is 14.2 Å². The van der Waals surface area contributed by atoms with Gasteiger partial charge in [0.2, 0.25) is 0 Å². The first-order valence-electron chi connectivity index (χ1n) is 10.1. The van der Waals surface area contributed by atoms with Gasteiger partial charge in [0.15, 0.2) is 0 Å². The maximum absolute atomic E-state index is 12.5. The van der Waals surface area contributed by atoms with E-state index < -0.39 is 0 Å². The Kier molecular flexibility index (Phi) is 5.36. The van der Waals surface area contributed by atoms with Crippen LogP contribution in [0.1, 0.15) is 31.7 Å². The van der Waals surface area contributed by atoms with Crippen molar-refractivity contribution in [2.24, 2.45) is 13.0 Å². The molecule has 4 heterocycles. The third kappa shape index (κ3) is 3.71. The minimum Gasteiger partial charge on any atom is -0.460 e. The Hall–Kier alpha value is -3.47. The summed E-state index contributed by atoms with van der Waals surface area (Å²) in [6.07, 6.45) is 3.33. The highest BCUT2D eigenvalue weighted by Crippen LogP contribution is 2.29. The zero-order chi connectivity index (χ0) is 21.3. The van der Waals surface area contributed by atoms with Gasteiger partial charge in [-0.05, 0) is 24.6 Å². The van der Waals surface area contributed by atoms with E-state index >= 15 is 0 Å². The van der Waals surface area contributed by atoms with E-state index in [4.69, 9.17) is 4.74 Å². The molecule has 0 amide bonds. The second kappa shape index (κ2) is 8.11. The van der Waals surface area contributed by atoms with Crippen molar-refractivity contribution in [2.75, 3.05) is 18.0 Å². The highest BCUT2D eigenvalue weighted by atomic mass is 16.5. The van der Waals surface area contributed by atoms with Crippen LogP contribution in [0, 0.1) is 17.2 Å². The van der Waals surface area contributed by atoms with E-state index in [0.717, 1.165) is 24.2 Å². The molecule has 8 nitrogen and oxygen atoms in total. The average Bonchev–Trinajstić information content (AvgIpc) is 2.77. The highest BCUT2D eigenvalue weighted by molar-refractivity contribution is 5.88. The van der Waals surface area contributed by atoms with Crippen LogP contribution >= 0.6 is 0 Å². The van der Waals surface area contributed by atoms with Crippen molar-refractivity contribution >= 4 is 16.7 Å². The number of hydrogen-bond donors (Lipinski definition) is 0. The number of aryl methyl sites for hydroxylation is 2. The van der Waals surface area contributed by atoms with E-state index in [1.807, 2.05) is 13.0 Å². The maximum atomic E-state index is 12.5. The van der Waals surface area contributed by atoms with Crippen LogP contribution < -0.4 is 15.2 Å². The molecule has 30 heavy (non-hydrogen) atoms. The fourth-order valence-corrected chi connectivity index (χ4v) is 3.90. The number of nitrogens with zero attached hydrogens (tertiary/aromatic N) is 6. The third-order valence-corrected chi connectivity index (χ3v) is 5.66. The molecule has 0 unspecified atom stereocenters. The number of ether oxygens (including phenoxy) is 1. The molecule has 0 spiro atoms. The Labute approximate surface area is 174 Å². The van der Waals surface area contributed by atoms with Crippen molar-refractivity contribution in [1.82, 2.24) is 19.5 Å². The van der Waals surface area contributed by atoms with E-state index in [2.05, 4.69) is 32.8 Å². The normalized spacial score (nSPS) is 18.9. The zero-order valence-corrected chi connectivity index (χ0v) is 17.4. The van der Waals surface area contributed by atoms with Gasteiger partial charge in [0.1, 0.15) is 23.4 Å². The molecule has 154 valence electrons. The first-order valence-corrected chi connectivity index (χ1v) is 10.1. The van der Waals surface area contributed by atoms with Gasteiger partial charge >= 0.3 is 6.01 Å². The number of rotatable bonds is 4. The van der Waals surface area contributed by atoms with Crippen LogP contribution in [-0.2, 0) is 13.5 Å². The highest BCUT2D eigenvalue weighted by Gasteiger charge is 2.30. The smallest absolute Gasteiger partial charge is 0.316 e. The quantitative estimate of drug-likeness (QED) is 0.659. The summed E-state index contributed by atoms with van der Waals surface area (Å²) in [6.45, 7) is 5.59. The summed E-state index contributed by atoms with van der Waals surface area (Å²) in [6, 6.07) is 9.42. The Morgan fingerprint density at radius 3 is 2.87 bits per heavy atom. The van der Waals surface area contributed by atoms with Crippen molar-refractivity contribution in [3.63, 3.8) is 0 Å². The molecule has 1 aliphatic rings. The van der Waals surface area contributed by atoms with Crippen LogP contribution in [0.2, 0.25) is 0 Å². The van der Waals surface area contributed by atoms with Gasteiger partial charge in [-0.15, -0.1) is 0 Å². The van der Waals surface area contributed by atoms with Gasteiger partial charge in [-0.2, -0.15) is 5.26 Å². The Balaban J connectivity index is 1.60. The van der Waals surface area contributed by atoms with E-state index in [1.54, 1.807) is 36.0 Å². The lowest BCUT2D eigenvalue weighted by Gasteiger charge is -2.38. The SMILES string of the molecule is CCc1ccnc(O[C@H]2CCN(c3cc(=O)n(C)c4ccc(C#N)nc34)C[C@H]2C)n1. The molecule has 1 saturated heterocycles. The summed E-state index contributed by atoms with van der Waals surface area (Å²) < 4.78 is 7.65. The second-order valence-electron chi connectivity index (χ2n) is 7.66. The molecule has 0 N–H and O–H groups in total. The lowest BCUT2D eigenvalue weighted by molar-refractivity contribution is 0.110. The molecule has 0 radical (unpaired) electrons. The largest absolute Gasteiger partial charge is 0.460 e. The summed E-state index contributed by atoms with van der Waals surface area (Å²) in [5.74, 6) is 0.200. The first kappa shape index (κ1) is 19.8. The molecule has 0 aromatic carbocycles. The van der Waals surface area contributed by atoms with Gasteiger partial charge in [0, 0.05) is 50.4 Å². The van der Waals surface area contributed by atoms with Gasteiger partial charge in [-0.1, -0.05) is 13.8 Å². The number of pyridine rings is 2. The van der Waals surface area contributed by atoms with Crippen molar-refractivity contribution in [1.29, 1.82) is 5.26 Å². The predicted octanol–water partition coefficient (Wildman–Crippen LogP) is 2.45. The molecular formula is C22H24N6O2. The van der Waals surface area contributed by atoms with Crippen molar-refractivity contribution in [2.45, 2.75) is 32.8 Å². The Bertz CT molecular complexity index is 1180. The standard InChI is InChI=1S/C22H24N6O2/c1-4-15-7-9-24-22(26-15)30-19-8-10-28(13-14(19)2)18-11-20(29)27(3)17-6-5-16(12-23)25-21(17)18/h5-7,9,11,14,19H,4,8,10,13H2,1-3H3/t14-,19+/m1/s1. The maximum Gasteiger partial charge on any atom is 0.316 e. The molecule has 4 rings (SSSR count). The van der Waals surface area contributed by atoms with Crippen molar-refractivity contribution < 1.29 is 4.74 Å². The van der Waals surface area contributed by atoms with Crippen molar-refractivity contribution in [3.05, 3.63) is 52.2 Å². The molecule has 0 aliphatic carbocycles. The van der Waals surface area contributed by atoms with Crippen molar-refractivity contribution in [3.8, 4) is 12.1 Å². The zero-order valence-electron chi connectivity index (χ0n) is 17.4. The Morgan fingerprint density at radius 1 is 1.30 bits per heavy atom. The monoisotopic (exact) mass is 404 g/mol. The van der Waals surface area contributed by atoms with Crippen LogP contribution in [0.15, 0.2) is 35.3 Å². The van der Waals surface area contributed by atoms with Gasteiger partial charge in [-0.3, -0.25) is 4.79 Å². The third-order valence-electron chi connectivity index (χ3n) is 5.66. The van der Waals surface area contributed by atoms with Crippen LogP contribution in [0.4, 0.5) is 5.69 Å². The summed E-state index contributed by atoms with van der Waals surface area (Å²) >= 11 is 0. The Morgan fingerprint density at radius 2 is 2.13 bits per heavy atom. The molecule has 3 aromatic rings. The van der Waals surface area contributed by atoms with Crippen LogP contribution in [-0.4, -0.2) is 38.7 Å². The fourth-order valence-electron chi connectivity index (χ4n) is 3.90. The van der Waals surface area contributed by atoms with E-state index in [0.29, 0.717) is 35.8 Å². The summed E-state index contributed by atoms with van der Waals surface area (Å²) in [5, 5.41) is 9.25. The summed E-state index contributed by atoms with van der Waals surface area (Å²) in [7, 11) is 1.72. The second-order valence-corrected chi connectivity index (χ2v) is 7.66. The van der Waals surface area contributed by atoms with Crippen LogP contribution in [0.25, 0.3) is 11.0 Å². The van der Waals surface area contributed by atoms with E-state index in [9.17, 15) is 10.1 Å². The molecular weight excluding hydrogens is 380 g/mol. The van der Waals surface area contributed by atoms with Crippen LogP contribution in [0.3, 0.4) is 0 Å². The molecule has 1 fully saturated rings. The molecule has 0 saturated carbocycles. The van der Waals surface area contributed by atoms with E-state index in [1.165, 1.54) is 0 Å². The number of hydrogen-bond acceptors (Lipinski definition) is 7. The number of piperidine rings is 1. The summed E-state index contributed by atoms with van der Waals surface area (Å²) in [4.78, 5) is 27.8. The van der Waals surface area contributed by atoms with Gasteiger partial charge in [-0.25, -0.2) is 15.0 Å².